The van der Waals surface area contributed by atoms with Gasteiger partial charge in [0.1, 0.15) is 10.7 Å². The molecule has 0 unspecified atom stereocenters. The van der Waals surface area contributed by atoms with Crippen molar-refractivity contribution in [2.75, 3.05) is 32.5 Å². The first-order valence-electron chi connectivity index (χ1n) is 7.97. The normalized spacial score (nSPS) is 17.0. The molecule has 1 saturated heterocycles. The van der Waals surface area contributed by atoms with Crippen molar-refractivity contribution in [2.24, 2.45) is 5.73 Å². The van der Waals surface area contributed by atoms with Crippen LogP contribution in [0.25, 0.3) is 0 Å². The number of nitrogens with two attached hydrogens (primary N) is 1. The molecule has 1 heterocycles. The SMILES string of the molecule is CS(=O)(=O)c1ccc(S(=O)(=O)N2CCC(OCCCN)CC2)cc1F.Cl. The molecule has 1 fully saturated rings. The average Bonchev–Trinajstić information content (AvgIpc) is 2.54. The van der Waals surface area contributed by atoms with Gasteiger partial charge in [-0.1, -0.05) is 0 Å². The molecule has 0 aliphatic carbocycles. The first-order valence-corrected chi connectivity index (χ1v) is 11.3. The van der Waals surface area contributed by atoms with Gasteiger partial charge in [-0.3, -0.25) is 0 Å². The number of rotatable bonds is 7. The van der Waals surface area contributed by atoms with Gasteiger partial charge < -0.3 is 10.5 Å². The van der Waals surface area contributed by atoms with Gasteiger partial charge in [-0.25, -0.2) is 21.2 Å². The minimum Gasteiger partial charge on any atom is -0.378 e. The summed E-state index contributed by atoms with van der Waals surface area (Å²) in [5.41, 5.74) is 5.40. The molecule has 0 spiro atoms. The third-order valence-corrected chi connectivity index (χ3v) is 7.07. The molecule has 26 heavy (non-hydrogen) atoms. The van der Waals surface area contributed by atoms with Crippen LogP contribution in [0.5, 0.6) is 0 Å². The molecule has 2 N–H and O–H groups in total. The second-order valence-corrected chi connectivity index (χ2v) is 9.90. The number of nitrogens with zero attached hydrogens (tertiary/aromatic N) is 1. The lowest BCUT2D eigenvalue weighted by Crippen LogP contribution is -2.41. The van der Waals surface area contributed by atoms with Gasteiger partial charge in [0.15, 0.2) is 9.84 Å². The van der Waals surface area contributed by atoms with E-state index in [-0.39, 0.29) is 36.5 Å². The van der Waals surface area contributed by atoms with Crippen molar-refractivity contribution < 1.29 is 26.0 Å². The molecular formula is C15H24ClFN2O5S2. The van der Waals surface area contributed by atoms with Gasteiger partial charge in [0.25, 0.3) is 0 Å². The Labute approximate surface area is 160 Å². The second-order valence-electron chi connectivity index (χ2n) is 5.98. The van der Waals surface area contributed by atoms with Gasteiger partial charge in [-0.05, 0) is 44.0 Å². The van der Waals surface area contributed by atoms with Gasteiger partial charge in [0.2, 0.25) is 10.0 Å². The van der Waals surface area contributed by atoms with E-state index in [0.29, 0.717) is 26.0 Å². The smallest absolute Gasteiger partial charge is 0.243 e. The summed E-state index contributed by atoms with van der Waals surface area (Å²) >= 11 is 0. The molecule has 0 atom stereocenters. The Bertz CT molecular complexity index is 809. The van der Waals surface area contributed by atoms with Crippen LogP contribution in [0.1, 0.15) is 19.3 Å². The summed E-state index contributed by atoms with van der Waals surface area (Å²) in [5.74, 6) is -1.07. The molecule has 0 saturated carbocycles. The van der Waals surface area contributed by atoms with Gasteiger partial charge in [-0.2, -0.15) is 4.31 Å². The summed E-state index contributed by atoms with van der Waals surface area (Å²) in [7, 11) is -7.62. The van der Waals surface area contributed by atoms with E-state index in [1.807, 2.05) is 0 Å². The molecule has 7 nitrogen and oxygen atoms in total. The first kappa shape index (κ1) is 23.3. The van der Waals surface area contributed by atoms with Crippen LogP contribution in [-0.4, -0.2) is 59.7 Å². The third-order valence-electron chi connectivity index (χ3n) is 4.04. The van der Waals surface area contributed by atoms with Crippen LogP contribution in [0, 0.1) is 5.82 Å². The number of hydrogen-bond acceptors (Lipinski definition) is 6. The van der Waals surface area contributed by atoms with Crippen LogP contribution in [0.4, 0.5) is 4.39 Å². The van der Waals surface area contributed by atoms with Gasteiger partial charge >= 0.3 is 0 Å². The maximum Gasteiger partial charge on any atom is 0.243 e. The lowest BCUT2D eigenvalue weighted by atomic mass is 10.1. The molecule has 1 aliphatic rings. The topological polar surface area (TPSA) is 107 Å². The van der Waals surface area contributed by atoms with Gasteiger partial charge in [0, 0.05) is 26.0 Å². The van der Waals surface area contributed by atoms with E-state index in [1.54, 1.807) is 0 Å². The van der Waals surface area contributed by atoms with Crippen LogP contribution in [0.15, 0.2) is 28.0 Å². The predicted octanol–water partition coefficient (Wildman–Crippen LogP) is 1.17. The number of halogens is 2. The predicted molar refractivity (Wildman–Crippen MR) is 98.2 cm³/mol. The number of ether oxygens (including phenoxy) is 1. The monoisotopic (exact) mass is 430 g/mol. The highest BCUT2D eigenvalue weighted by Crippen LogP contribution is 2.25. The molecule has 2 rings (SSSR count). The summed E-state index contributed by atoms with van der Waals surface area (Å²) in [6, 6.07) is 2.87. The maximum atomic E-state index is 14.0. The van der Waals surface area contributed by atoms with E-state index >= 15 is 0 Å². The zero-order valence-corrected chi connectivity index (χ0v) is 16.9. The maximum absolute atomic E-state index is 14.0. The summed E-state index contributed by atoms with van der Waals surface area (Å²) in [4.78, 5) is -0.765. The fourth-order valence-corrected chi connectivity index (χ4v) is 4.87. The van der Waals surface area contributed by atoms with Crippen molar-refractivity contribution in [2.45, 2.75) is 35.2 Å². The fraction of sp³-hybridized carbons (Fsp3) is 0.600. The van der Waals surface area contributed by atoms with Crippen molar-refractivity contribution in [3.8, 4) is 0 Å². The molecule has 0 aromatic heterocycles. The molecule has 1 aliphatic heterocycles. The Kier molecular flexibility index (Phi) is 8.43. The van der Waals surface area contributed by atoms with Crippen molar-refractivity contribution in [1.29, 1.82) is 0 Å². The average molecular weight is 431 g/mol. The Balaban J connectivity index is 0.00000338. The Hall–Kier alpha value is -0.780. The molecule has 0 bridgehead atoms. The highest BCUT2D eigenvalue weighted by atomic mass is 35.5. The van der Waals surface area contributed by atoms with Crippen LogP contribution < -0.4 is 5.73 Å². The van der Waals surface area contributed by atoms with Crippen LogP contribution in [-0.2, 0) is 24.6 Å². The Morgan fingerprint density at radius 2 is 1.85 bits per heavy atom. The zero-order chi connectivity index (χ0) is 18.7. The number of benzene rings is 1. The van der Waals surface area contributed by atoms with Gasteiger partial charge in [-0.15, -0.1) is 12.4 Å². The van der Waals surface area contributed by atoms with E-state index in [9.17, 15) is 21.2 Å². The summed E-state index contributed by atoms with van der Waals surface area (Å²) < 4.78 is 69.0. The molecule has 0 amide bonds. The summed E-state index contributed by atoms with van der Waals surface area (Å²) in [5, 5.41) is 0. The molecular weight excluding hydrogens is 407 g/mol. The van der Waals surface area contributed by atoms with E-state index < -0.39 is 30.6 Å². The van der Waals surface area contributed by atoms with Crippen LogP contribution >= 0.6 is 12.4 Å². The van der Waals surface area contributed by atoms with Crippen molar-refractivity contribution in [3.63, 3.8) is 0 Å². The molecule has 11 heteroatoms. The van der Waals surface area contributed by atoms with E-state index in [0.717, 1.165) is 30.9 Å². The first-order chi connectivity index (χ1) is 11.7. The minimum atomic E-state index is -3.87. The Morgan fingerprint density at radius 1 is 1.23 bits per heavy atom. The summed E-state index contributed by atoms with van der Waals surface area (Å²) in [6.07, 6.45) is 2.71. The molecule has 0 radical (unpaired) electrons. The highest BCUT2D eigenvalue weighted by molar-refractivity contribution is 7.90. The van der Waals surface area contributed by atoms with E-state index in [1.165, 1.54) is 4.31 Å². The van der Waals surface area contributed by atoms with E-state index in [4.69, 9.17) is 10.5 Å². The Morgan fingerprint density at radius 3 is 2.35 bits per heavy atom. The standard InChI is InChI=1S/C15H23FN2O5S2.ClH/c1-24(19,20)15-4-3-13(11-14(15)16)25(21,22)18-8-5-12(6-9-18)23-10-2-7-17;/h3-4,11-12H,2,5-10,17H2,1H3;1H. The molecule has 1 aromatic carbocycles. The number of sulfone groups is 1. The fourth-order valence-electron chi connectivity index (χ4n) is 2.66. The van der Waals surface area contributed by atoms with Crippen LogP contribution in [0.3, 0.4) is 0 Å². The highest BCUT2D eigenvalue weighted by Gasteiger charge is 2.30. The summed E-state index contributed by atoms with van der Waals surface area (Å²) in [6.45, 7) is 1.63. The lowest BCUT2D eigenvalue weighted by molar-refractivity contribution is 0.0209. The molecule has 150 valence electrons. The number of piperidine rings is 1. The zero-order valence-electron chi connectivity index (χ0n) is 14.4. The molecule has 1 aromatic rings. The number of hydrogen-bond donors (Lipinski definition) is 1. The largest absolute Gasteiger partial charge is 0.378 e. The third kappa shape index (κ3) is 5.61. The second kappa shape index (κ2) is 9.43. The van der Waals surface area contributed by atoms with Crippen molar-refractivity contribution >= 4 is 32.3 Å². The van der Waals surface area contributed by atoms with Crippen molar-refractivity contribution in [1.82, 2.24) is 4.31 Å². The van der Waals surface area contributed by atoms with E-state index in [2.05, 4.69) is 0 Å². The minimum absolute atomic E-state index is 0. The quantitative estimate of drug-likeness (QED) is 0.650. The number of sulfonamides is 1. The van der Waals surface area contributed by atoms with Crippen LogP contribution in [0.2, 0.25) is 0 Å². The van der Waals surface area contributed by atoms with Gasteiger partial charge in [0.05, 0.1) is 11.0 Å². The van der Waals surface area contributed by atoms with Crippen molar-refractivity contribution in [3.05, 3.63) is 24.0 Å². The lowest BCUT2D eigenvalue weighted by Gasteiger charge is -2.31.